The van der Waals surface area contributed by atoms with Crippen molar-refractivity contribution < 1.29 is 100 Å². The van der Waals surface area contributed by atoms with Gasteiger partial charge < -0.3 is 9.97 Å². The van der Waals surface area contributed by atoms with Crippen molar-refractivity contribution in [2.45, 2.75) is 37.1 Å². The quantitative estimate of drug-likeness (QED) is 0.130. The maximum Gasteiger partial charge on any atom is 2.00 e. The van der Waals surface area contributed by atoms with Crippen LogP contribution >= 0.6 is 0 Å². The number of rotatable bonds is 4. The number of nitrogens with zero attached hydrogens (tertiary/aromatic N) is 2. The van der Waals surface area contributed by atoms with Crippen molar-refractivity contribution in [1.82, 2.24) is 9.97 Å². The van der Waals surface area contributed by atoms with Gasteiger partial charge in [0.05, 0.1) is 22.3 Å². The third-order valence-corrected chi connectivity index (χ3v) is 8.28. The number of hydrogen-bond acceptors (Lipinski definition) is 2. The van der Waals surface area contributed by atoms with E-state index in [1.165, 1.54) is 48.8 Å². The Morgan fingerprint density at radius 2 is 0.623 bits per heavy atom. The number of aromatic nitrogens is 2. The van der Waals surface area contributed by atoms with Crippen LogP contribution in [-0.2, 0) is 58.1 Å². The molecule has 0 spiro atoms. The molecule has 0 bridgehead atoms. The zero-order valence-corrected chi connectivity index (χ0v) is 31.7. The normalized spacial score (nSPS) is 12.6. The number of hydrogen-bond donors (Lipinski definition) is 0. The standard InChI is InChI=1S/2C20H9F9N.Pt/c2*21-18(22,23)13-4-3-5-14(19(24,25)26)17(13)12-8-7-11(10-15(12)20(27,28)29)16-6-1-2-9-30-16;/h2*1-6,8-10H;/q2*-1;+2. The van der Waals surface area contributed by atoms with Gasteiger partial charge in [0.1, 0.15) is 0 Å². The Morgan fingerprint density at radius 1 is 0.344 bits per heavy atom. The molecule has 0 aliphatic carbocycles. The minimum atomic E-state index is -5.32. The van der Waals surface area contributed by atoms with Crippen molar-refractivity contribution in [3.63, 3.8) is 0 Å². The van der Waals surface area contributed by atoms with E-state index >= 15 is 0 Å². The Morgan fingerprint density at radius 3 is 0.852 bits per heavy atom. The summed E-state index contributed by atoms with van der Waals surface area (Å²) < 4.78 is 243. The smallest absolute Gasteiger partial charge is 0.305 e. The summed E-state index contributed by atoms with van der Waals surface area (Å²) in [5.41, 5.74) is -16.8. The summed E-state index contributed by atoms with van der Waals surface area (Å²) in [4.78, 5) is 7.66. The second kappa shape index (κ2) is 17.5. The van der Waals surface area contributed by atoms with Gasteiger partial charge in [0.2, 0.25) is 0 Å². The summed E-state index contributed by atoms with van der Waals surface area (Å²) in [6.45, 7) is 0. The third-order valence-electron chi connectivity index (χ3n) is 8.28. The molecule has 0 N–H and O–H groups in total. The van der Waals surface area contributed by atoms with Crippen molar-refractivity contribution in [2.24, 2.45) is 0 Å². The fourth-order valence-corrected chi connectivity index (χ4v) is 5.84. The van der Waals surface area contributed by atoms with Gasteiger partial charge in [-0.05, 0) is 45.8 Å². The first-order valence-corrected chi connectivity index (χ1v) is 16.2. The monoisotopic (exact) mass is 1060 g/mol. The molecule has 324 valence electrons. The maximum absolute atomic E-state index is 13.7. The van der Waals surface area contributed by atoms with Gasteiger partial charge in [-0.25, -0.2) is 0 Å². The molecule has 0 unspecified atom stereocenters. The molecule has 2 heterocycles. The van der Waals surface area contributed by atoms with Gasteiger partial charge in [-0.1, -0.05) is 71.8 Å². The van der Waals surface area contributed by atoms with Gasteiger partial charge in [-0.2, -0.15) is 79.0 Å². The molecule has 0 fully saturated rings. The molecule has 4 aromatic carbocycles. The molecule has 2 aromatic heterocycles. The molecule has 0 aliphatic heterocycles. The first-order valence-electron chi connectivity index (χ1n) is 16.2. The van der Waals surface area contributed by atoms with E-state index in [0.717, 1.165) is 0 Å². The van der Waals surface area contributed by atoms with Crippen LogP contribution in [-0.4, -0.2) is 9.97 Å². The van der Waals surface area contributed by atoms with Crippen molar-refractivity contribution >= 4 is 0 Å². The number of benzene rings is 4. The molecule has 21 heteroatoms. The van der Waals surface area contributed by atoms with E-state index in [4.69, 9.17) is 0 Å². The molecule has 0 aliphatic rings. The van der Waals surface area contributed by atoms with Crippen LogP contribution in [0.3, 0.4) is 0 Å². The van der Waals surface area contributed by atoms with Crippen molar-refractivity contribution in [2.75, 3.05) is 0 Å². The maximum atomic E-state index is 13.7. The number of alkyl halides is 18. The van der Waals surface area contributed by atoms with Gasteiger partial charge in [0.15, 0.2) is 0 Å². The van der Waals surface area contributed by atoms with E-state index in [-0.39, 0.29) is 43.6 Å². The average Bonchev–Trinajstić information content (AvgIpc) is 3.16. The van der Waals surface area contributed by atoms with E-state index in [2.05, 4.69) is 22.1 Å². The molecule has 61 heavy (non-hydrogen) atoms. The van der Waals surface area contributed by atoms with Crippen LogP contribution in [0.4, 0.5) is 79.0 Å². The molecule has 0 atom stereocenters. The Labute approximate surface area is 346 Å². The van der Waals surface area contributed by atoms with E-state index in [0.29, 0.717) is 60.7 Å². The summed E-state index contributed by atoms with van der Waals surface area (Å²) in [5.74, 6) is 0. The predicted octanol–water partition coefficient (Wildman–Crippen LogP) is 14.5. The number of halogens is 18. The second-order valence-electron chi connectivity index (χ2n) is 12.2. The van der Waals surface area contributed by atoms with Gasteiger partial charge >= 0.3 is 58.1 Å². The first-order chi connectivity index (χ1) is 27.6. The van der Waals surface area contributed by atoms with Crippen LogP contribution in [0.25, 0.3) is 44.8 Å². The Hall–Kier alpha value is -5.39. The van der Waals surface area contributed by atoms with Gasteiger partial charge in [-0.15, -0.1) is 47.5 Å². The van der Waals surface area contributed by atoms with Gasteiger partial charge in [0, 0.05) is 12.4 Å². The van der Waals surface area contributed by atoms with Gasteiger partial charge in [-0.3, -0.25) is 0 Å². The Kier molecular flexibility index (Phi) is 13.9. The molecule has 0 saturated carbocycles. The second-order valence-corrected chi connectivity index (χ2v) is 12.2. The van der Waals surface area contributed by atoms with E-state index < -0.39 is 92.7 Å². The molecule has 6 aromatic rings. The Balaban J connectivity index is 0.000000264. The molecule has 2 nitrogen and oxygen atoms in total. The molecular formula is C40H18F18N2Pt. The van der Waals surface area contributed by atoms with Crippen molar-refractivity contribution in [1.29, 1.82) is 0 Å². The van der Waals surface area contributed by atoms with Crippen LogP contribution in [0.5, 0.6) is 0 Å². The fraction of sp³-hybridized carbons (Fsp3) is 0.150. The molecule has 0 radical (unpaired) electrons. The summed E-state index contributed by atoms with van der Waals surface area (Å²) in [6.07, 6.45) is -29.2. The van der Waals surface area contributed by atoms with Crippen LogP contribution in [0.1, 0.15) is 33.4 Å². The Bertz CT molecular complexity index is 2210. The first kappa shape index (κ1) is 48.3. The fourth-order valence-electron chi connectivity index (χ4n) is 5.84. The molecule has 0 amide bonds. The summed E-state index contributed by atoms with van der Waals surface area (Å²) in [5, 5.41) is 0. The third kappa shape index (κ3) is 11.1. The van der Waals surface area contributed by atoms with E-state index in [1.807, 2.05) is 0 Å². The molecule has 6 rings (SSSR count). The van der Waals surface area contributed by atoms with Crippen LogP contribution in [0, 0.1) is 12.1 Å². The predicted molar refractivity (Wildman–Crippen MR) is 178 cm³/mol. The SMILES string of the molecule is FC(F)(F)c1cc(-c2ccccn2)[c-]cc1-c1c(C(F)(F)F)cccc1C(F)(F)F.FC(F)(F)c1cc(-c2ccccn2)[c-]cc1-c1c(C(F)(F)F)cccc1C(F)(F)F.[Pt+2]. The van der Waals surface area contributed by atoms with Gasteiger partial charge in [0.25, 0.3) is 0 Å². The molecular weight excluding hydrogens is 1050 g/mol. The molecule has 0 saturated heterocycles. The zero-order chi connectivity index (χ0) is 44.6. The summed E-state index contributed by atoms with van der Waals surface area (Å²) in [6, 6.07) is 17.2. The number of pyridine rings is 2. The largest absolute Gasteiger partial charge is 2.00 e. The van der Waals surface area contributed by atoms with E-state index in [9.17, 15) is 79.0 Å². The van der Waals surface area contributed by atoms with Crippen LogP contribution in [0.15, 0.2) is 109 Å². The summed E-state index contributed by atoms with van der Waals surface area (Å²) in [7, 11) is 0. The topological polar surface area (TPSA) is 25.8 Å². The van der Waals surface area contributed by atoms with Crippen LogP contribution in [0.2, 0.25) is 0 Å². The van der Waals surface area contributed by atoms with E-state index in [1.54, 1.807) is 0 Å². The minimum Gasteiger partial charge on any atom is -0.305 e. The zero-order valence-electron chi connectivity index (χ0n) is 29.4. The summed E-state index contributed by atoms with van der Waals surface area (Å²) >= 11 is 0. The van der Waals surface area contributed by atoms with Crippen LogP contribution < -0.4 is 0 Å². The van der Waals surface area contributed by atoms with Crippen molar-refractivity contribution in [3.05, 3.63) is 155 Å². The minimum absolute atomic E-state index is 0. The van der Waals surface area contributed by atoms with Crippen molar-refractivity contribution in [3.8, 4) is 44.8 Å². The average molecular weight is 1060 g/mol.